The van der Waals surface area contributed by atoms with Crippen molar-refractivity contribution in [1.29, 1.82) is 0 Å². The van der Waals surface area contributed by atoms with Crippen molar-refractivity contribution in [2.45, 2.75) is 33.0 Å². The van der Waals surface area contributed by atoms with Crippen LogP contribution in [0.2, 0.25) is 0 Å². The largest absolute Gasteiger partial charge is 0.356 e. The van der Waals surface area contributed by atoms with Crippen LogP contribution in [0, 0.1) is 5.92 Å². The zero-order chi connectivity index (χ0) is 9.56. The van der Waals surface area contributed by atoms with Crippen molar-refractivity contribution in [3.63, 3.8) is 0 Å². The Labute approximate surface area is 74.0 Å². The first-order valence-corrected chi connectivity index (χ1v) is 4.20. The van der Waals surface area contributed by atoms with Gasteiger partial charge in [-0.25, -0.2) is 0 Å². The third-order valence-electron chi connectivity index (χ3n) is 1.92. The molecule has 0 aliphatic carbocycles. The normalized spacial score (nSPS) is 13.4. The van der Waals surface area contributed by atoms with Crippen LogP contribution in [0.15, 0.2) is 0 Å². The summed E-state index contributed by atoms with van der Waals surface area (Å²) >= 11 is 0. The molecular formula is C9H18O3. The van der Waals surface area contributed by atoms with Crippen molar-refractivity contribution in [2.75, 3.05) is 14.2 Å². The molecule has 0 N–H and O–H groups in total. The Balaban J connectivity index is 4.01. The molecule has 0 heterocycles. The summed E-state index contributed by atoms with van der Waals surface area (Å²) in [6.45, 7) is 3.61. The highest BCUT2D eigenvalue weighted by Crippen LogP contribution is 2.16. The summed E-state index contributed by atoms with van der Waals surface area (Å²) in [6.07, 6.45) is 1.17. The minimum absolute atomic E-state index is 0.178. The van der Waals surface area contributed by atoms with Gasteiger partial charge < -0.3 is 14.3 Å². The molecule has 0 aliphatic rings. The maximum atomic E-state index is 10.8. The first-order chi connectivity index (χ1) is 5.65. The number of ether oxygens (including phenoxy) is 2. The van der Waals surface area contributed by atoms with E-state index < -0.39 is 0 Å². The molecule has 0 bridgehead atoms. The Hall–Kier alpha value is -0.410. The predicted molar refractivity (Wildman–Crippen MR) is 46.9 cm³/mol. The van der Waals surface area contributed by atoms with Gasteiger partial charge in [0.2, 0.25) is 0 Å². The second kappa shape index (κ2) is 6.14. The quantitative estimate of drug-likeness (QED) is 0.574. The highest BCUT2D eigenvalue weighted by atomic mass is 16.7. The van der Waals surface area contributed by atoms with E-state index in [9.17, 15) is 4.79 Å². The number of methoxy groups -OCH3 is 2. The monoisotopic (exact) mass is 174 g/mol. The lowest BCUT2D eigenvalue weighted by molar-refractivity contribution is -0.145. The smallest absolute Gasteiger partial charge is 0.160 e. The lowest BCUT2D eigenvalue weighted by Gasteiger charge is -2.22. The molecule has 0 aromatic carbocycles. The van der Waals surface area contributed by atoms with Crippen molar-refractivity contribution >= 4 is 5.78 Å². The Kier molecular flexibility index (Phi) is 5.93. The van der Waals surface area contributed by atoms with Crippen molar-refractivity contribution in [3.05, 3.63) is 0 Å². The van der Waals surface area contributed by atoms with Crippen molar-refractivity contribution in [1.82, 2.24) is 0 Å². The van der Waals surface area contributed by atoms with Gasteiger partial charge in [-0.2, -0.15) is 0 Å². The highest BCUT2D eigenvalue weighted by molar-refractivity contribution is 5.75. The summed E-state index contributed by atoms with van der Waals surface area (Å²) < 4.78 is 10.2. The molecule has 0 amide bonds. The SMILES string of the molecule is CC[C@H](CC(C)=O)C(OC)OC. The van der Waals surface area contributed by atoms with Gasteiger partial charge in [0.05, 0.1) is 0 Å². The van der Waals surface area contributed by atoms with Crippen molar-refractivity contribution in [3.8, 4) is 0 Å². The van der Waals surface area contributed by atoms with Gasteiger partial charge >= 0.3 is 0 Å². The van der Waals surface area contributed by atoms with Crippen LogP contribution in [0.1, 0.15) is 26.7 Å². The fraction of sp³-hybridized carbons (Fsp3) is 0.889. The van der Waals surface area contributed by atoms with E-state index in [1.807, 2.05) is 6.92 Å². The number of carbonyl (C=O) groups excluding carboxylic acids is 1. The molecule has 0 rings (SSSR count). The van der Waals surface area contributed by atoms with Crippen molar-refractivity contribution in [2.24, 2.45) is 5.92 Å². The second-order valence-corrected chi connectivity index (χ2v) is 2.91. The molecule has 0 saturated heterocycles. The summed E-state index contributed by atoms with van der Waals surface area (Å²) in [5, 5.41) is 0. The summed E-state index contributed by atoms with van der Waals surface area (Å²) in [7, 11) is 3.19. The van der Waals surface area contributed by atoms with E-state index in [0.29, 0.717) is 6.42 Å². The first kappa shape index (κ1) is 11.6. The number of ketones is 1. The summed E-state index contributed by atoms with van der Waals surface area (Å²) in [5.41, 5.74) is 0. The Morgan fingerprint density at radius 2 is 1.83 bits per heavy atom. The Morgan fingerprint density at radius 1 is 1.33 bits per heavy atom. The van der Waals surface area contributed by atoms with Crippen molar-refractivity contribution < 1.29 is 14.3 Å². The molecule has 0 saturated carbocycles. The van der Waals surface area contributed by atoms with E-state index >= 15 is 0 Å². The molecule has 0 aromatic rings. The molecule has 0 aliphatic heterocycles. The molecule has 0 aromatic heterocycles. The number of hydrogen-bond donors (Lipinski definition) is 0. The van der Waals surface area contributed by atoms with Crippen LogP contribution in [-0.4, -0.2) is 26.3 Å². The topological polar surface area (TPSA) is 35.5 Å². The van der Waals surface area contributed by atoms with E-state index in [1.54, 1.807) is 21.1 Å². The molecule has 0 unspecified atom stereocenters. The van der Waals surface area contributed by atoms with E-state index in [2.05, 4.69) is 0 Å². The molecule has 1 atom stereocenters. The maximum absolute atomic E-state index is 10.8. The van der Waals surface area contributed by atoms with Crippen LogP contribution in [0.25, 0.3) is 0 Å². The Bertz CT molecular complexity index is 130. The third kappa shape index (κ3) is 3.83. The van der Waals surface area contributed by atoms with Gasteiger partial charge in [-0.15, -0.1) is 0 Å². The molecule has 72 valence electrons. The van der Waals surface area contributed by atoms with E-state index in [1.165, 1.54) is 0 Å². The molecule has 3 nitrogen and oxygen atoms in total. The minimum atomic E-state index is -0.251. The molecule has 0 spiro atoms. The number of rotatable bonds is 6. The predicted octanol–water partition coefficient (Wildman–Crippen LogP) is 1.61. The van der Waals surface area contributed by atoms with Gasteiger partial charge in [-0.05, 0) is 13.3 Å². The first-order valence-electron chi connectivity index (χ1n) is 4.20. The van der Waals surface area contributed by atoms with Crippen LogP contribution in [0.4, 0.5) is 0 Å². The molecule has 0 fully saturated rings. The van der Waals surface area contributed by atoms with Gasteiger partial charge in [0, 0.05) is 26.6 Å². The van der Waals surface area contributed by atoms with Gasteiger partial charge in [-0.1, -0.05) is 6.92 Å². The average molecular weight is 174 g/mol. The highest BCUT2D eigenvalue weighted by Gasteiger charge is 2.20. The van der Waals surface area contributed by atoms with Crippen LogP contribution < -0.4 is 0 Å². The zero-order valence-electron chi connectivity index (χ0n) is 8.29. The van der Waals surface area contributed by atoms with Gasteiger partial charge in [0.25, 0.3) is 0 Å². The number of carbonyl (C=O) groups is 1. The standard InChI is InChI=1S/C9H18O3/c1-5-8(6-7(2)10)9(11-3)12-4/h8-9H,5-6H2,1-4H3/t8-/m1/s1. The summed E-state index contributed by atoms with van der Waals surface area (Å²) in [4.78, 5) is 10.8. The molecule has 12 heavy (non-hydrogen) atoms. The fourth-order valence-corrected chi connectivity index (χ4v) is 1.28. The van der Waals surface area contributed by atoms with E-state index in [0.717, 1.165) is 6.42 Å². The number of Topliss-reactive ketones (excluding diaryl/α,β-unsaturated/α-hetero) is 1. The van der Waals surface area contributed by atoms with Crippen LogP contribution in [0.5, 0.6) is 0 Å². The van der Waals surface area contributed by atoms with Crippen LogP contribution in [0.3, 0.4) is 0 Å². The maximum Gasteiger partial charge on any atom is 0.160 e. The van der Waals surface area contributed by atoms with Crippen LogP contribution >= 0.6 is 0 Å². The number of hydrogen-bond acceptors (Lipinski definition) is 3. The van der Waals surface area contributed by atoms with Gasteiger partial charge in [0.15, 0.2) is 6.29 Å². The van der Waals surface area contributed by atoms with Gasteiger partial charge in [0.1, 0.15) is 5.78 Å². The molecule has 0 radical (unpaired) electrons. The Morgan fingerprint density at radius 3 is 2.08 bits per heavy atom. The summed E-state index contributed by atoms with van der Waals surface area (Å²) in [6, 6.07) is 0. The lowest BCUT2D eigenvalue weighted by Crippen LogP contribution is -2.25. The fourth-order valence-electron chi connectivity index (χ4n) is 1.28. The third-order valence-corrected chi connectivity index (χ3v) is 1.92. The minimum Gasteiger partial charge on any atom is -0.356 e. The van der Waals surface area contributed by atoms with Crippen LogP contribution in [-0.2, 0) is 14.3 Å². The van der Waals surface area contributed by atoms with E-state index in [4.69, 9.17) is 9.47 Å². The zero-order valence-corrected chi connectivity index (χ0v) is 8.29. The lowest BCUT2D eigenvalue weighted by atomic mass is 9.99. The average Bonchev–Trinajstić information content (AvgIpc) is 2.04. The van der Waals surface area contributed by atoms with E-state index in [-0.39, 0.29) is 18.0 Å². The second-order valence-electron chi connectivity index (χ2n) is 2.91. The summed E-state index contributed by atoms with van der Waals surface area (Å²) in [5.74, 6) is 0.360. The molecular weight excluding hydrogens is 156 g/mol. The van der Waals surface area contributed by atoms with Gasteiger partial charge in [-0.3, -0.25) is 0 Å². The molecule has 3 heteroatoms.